The molecule has 5 N–H and O–H groups in total. The quantitative estimate of drug-likeness (QED) is 0.206. The fourth-order valence-corrected chi connectivity index (χ4v) is 3.18. The van der Waals surface area contributed by atoms with Crippen LogP contribution in [-0.2, 0) is 20.8 Å². The number of hydrogen-bond donors (Lipinski definition) is 4. The zero-order valence-corrected chi connectivity index (χ0v) is 24.3. The van der Waals surface area contributed by atoms with Gasteiger partial charge in [-0.05, 0) is 32.3 Å². The van der Waals surface area contributed by atoms with Gasteiger partial charge in [-0.15, -0.1) is 0 Å². The second-order valence-electron chi connectivity index (χ2n) is 8.61. The lowest BCUT2D eigenvalue weighted by molar-refractivity contribution is -0.126. The van der Waals surface area contributed by atoms with Gasteiger partial charge >= 0.3 is 0 Å². The maximum Gasteiger partial charge on any atom is 0.239 e. The van der Waals surface area contributed by atoms with E-state index in [4.69, 9.17) is 5.73 Å². The Kier molecular flexibility index (Phi) is 27.6. The molecular formula is C31H52N4O3. The van der Waals surface area contributed by atoms with Crippen molar-refractivity contribution < 1.29 is 14.4 Å². The number of nitrogens with one attached hydrogen (secondary N) is 3. The molecule has 1 atom stereocenters. The Labute approximate surface area is 231 Å². The van der Waals surface area contributed by atoms with E-state index in [9.17, 15) is 14.4 Å². The lowest BCUT2D eigenvalue weighted by Gasteiger charge is -2.14. The van der Waals surface area contributed by atoms with E-state index in [2.05, 4.69) is 41.9 Å². The predicted molar refractivity (Wildman–Crippen MR) is 160 cm³/mol. The van der Waals surface area contributed by atoms with Crippen LogP contribution in [0.5, 0.6) is 0 Å². The van der Waals surface area contributed by atoms with Crippen LogP contribution in [0.4, 0.5) is 0 Å². The van der Waals surface area contributed by atoms with Crippen molar-refractivity contribution >= 4 is 18.2 Å². The van der Waals surface area contributed by atoms with Crippen molar-refractivity contribution in [2.24, 2.45) is 5.73 Å². The van der Waals surface area contributed by atoms with E-state index < -0.39 is 0 Å². The molecule has 214 valence electrons. The molecule has 7 nitrogen and oxygen atoms in total. The molecule has 0 aliphatic rings. The number of aryl methyl sites for hydroxylation is 1. The lowest BCUT2D eigenvalue weighted by Crippen LogP contribution is -2.41. The number of unbranched alkanes of at least 4 members (excludes halogenated alkanes) is 4. The predicted octanol–water partition coefficient (Wildman–Crippen LogP) is 4.92. The normalized spacial score (nSPS) is 10.1. The minimum Gasteiger partial charge on any atom is -0.357 e. The van der Waals surface area contributed by atoms with E-state index in [0.717, 1.165) is 19.3 Å². The molecule has 2 rings (SSSR count). The highest BCUT2D eigenvalue weighted by Crippen LogP contribution is 2.05. The van der Waals surface area contributed by atoms with Gasteiger partial charge in [0.2, 0.25) is 18.2 Å². The summed E-state index contributed by atoms with van der Waals surface area (Å²) in [7, 11) is 0. The zero-order valence-electron chi connectivity index (χ0n) is 24.3. The van der Waals surface area contributed by atoms with Crippen LogP contribution in [0, 0.1) is 6.92 Å². The van der Waals surface area contributed by atoms with Crippen LogP contribution < -0.4 is 21.7 Å². The first kappa shape index (κ1) is 37.0. The van der Waals surface area contributed by atoms with Crippen LogP contribution in [0.1, 0.15) is 77.3 Å². The summed E-state index contributed by atoms with van der Waals surface area (Å²) in [5.74, 6) is -0.167. The van der Waals surface area contributed by atoms with Gasteiger partial charge < -0.3 is 21.7 Å². The standard InChI is InChI=1S/C19H30N2O2.C7H8.C3H8N2O.C2H6/c1-3-4-5-6-10-13-18(22)20-15-19(23)21-16(2)14-17-11-8-7-9-12-17;1-7-5-3-2-4-6-7;4-1-2-5-3-6;1-2/h7-9,11-12,16H,3-6,10,13-15H2,1-2H3,(H,20,22)(H,21,23);2-6H,1H3;3H,1-2,4H2,(H,5,6);1-2H3. The molecule has 2 aromatic carbocycles. The number of carbonyl (C=O) groups is 3. The third-order valence-electron chi connectivity index (χ3n) is 5.06. The molecule has 0 radical (unpaired) electrons. The molecule has 38 heavy (non-hydrogen) atoms. The fraction of sp³-hybridized carbons (Fsp3) is 0.516. The van der Waals surface area contributed by atoms with E-state index in [0.29, 0.717) is 25.9 Å². The average Bonchev–Trinajstić information content (AvgIpc) is 2.93. The first-order valence-electron chi connectivity index (χ1n) is 13.9. The number of benzene rings is 2. The van der Waals surface area contributed by atoms with Crippen LogP contribution in [0.2, 0.25) is 0 Å². The van der Waals surface area contributed by atoms with Gasteiger partial charge in [0.05, 0.1) is 6.54 Å². The minimum absolute atomic E-state index is 0.0349. The molecular weight excluding hydrogens is 476 g/mol. The second-order valence-corrected chi connectivity index (χ2v) is 8.61. The Balaban J connectivity index is 0. The van der Waals surface area contributed by atoms with Crippen molar-refractivity contribution in [1.29, 1.82) is 0 Å². The zero-order chi connectivity index (χ0) is 28.9. The van der Waals surface area contributed by atoms with Crippen LogP contribution in [0.15, 0.2) is 60.7 Å². The van der Waals surface area contributed by atoms with E-state index in [1.54, 1.807) is 0 Å². The molecule has 0 bridgehead atoms. The molecule has 2 aromatic rings. The first-order valence-corrected chi connectivity index (χ1v) is 13.9. The first-order chi connectivity index (χ1) is 18.4. The SMILES string of the molecule is CC.CCCCCCCC(=O)NCC(=O)NC(C)Cc1ccccc1.Cc1ccccc1.NCCNC=O. The van der Waals surface area contributed by atoms with Gasteiger partial charge in [-0.1, -0.05) is 113 Å². The van der Waals surface area contributed by atoms with E-state index in [-0.39, 0.29) is 24.4 Å². The van der Waals surface area contributed by atoms with Crippen LogP contribution in [-0.4, -0.2) is 43.9 Å². The van der Waals surface area contributed by atoms with Crippen molar-refractivity contribution in [2.75, 3.05) is 19.6 Å². The summed E-state index contributed by atoms with van der Waals surface area (Å²) in [4.78, 5) is 32.9. The van der Waals surface area contributed by atoms with Gasteiger partial charge in [0.1, 0.15) is 0 Å². The van der Waals surface area contributed by atoms with Gasteiger partial charge in [0.25, 0.3) is 0 Å². The summed E-state index contributed by atoms with van der Waals surface area (Å²) in [6.45, 7) is 11.4. The lowest BCUT2D eigenvalue weighted by atomic mass is 10.1. The van der Waals surface area contributed by atoms with Crippen LogP contribution in [0.3, 0.4) is 0 Å². The monoisotopic (exact) mass is 528 g/mol. The Morgan fingerprint density at radius 2 is 1.47 bits per heavy atom. The molecule has 0 aliphatic heterocycles. The summed E-state index contributed by atoms with van der Waals surface area (Å²) in [6, 6.07) is 20.4. The molecule has 0 spiro atoms. The van der Waals surface area contributed by atoms with Gasteiger partial charge in [-0.2, -0.15) is 0 Å². The molecule has 0 aromatic heterocycles. The highest BCUT2D eigenvalue weighted by molar-refractivity contribution is 5.84. The molecule has 0 heterocycles. The third-order valence-corrected chi connectivity index (χ3v) is 5.06. The largest absolute Gasteiger partial charge is 0.357 e. The van der Waals surface area contributed by atoms with Gasteiger partial charge in [-0.25, -0.2) is 0 Å². The third kappa shape index (κ3) is 25.9. The Morgan fingerprint density at radius 3 is 1.95 bits per heavy atom. The summed E-state index contributed by atoms with van der Waals surface area (Å²) in [6.07, 6.45) is 7.53. The number of amides is 3. The topological polar surface area (TPSA) is 113 Å². The summed E-state index contributed by atoms with van der Waals surface area (Å²) in [5, 5.41) is 8.00. The van der Waals surface area contributed by atoms with E-state index in [1.165, 1.54) is 30.4 Å². The molecule has 0 saturated carbocycles. The van der Waals surface area contributed by atoms with Gasteiger partial charge in [0, 0.05) is 25.6 Å². The Bertz CT molecular complexity index is 801. The molecule has 0 saturated heterocycles. The molecule has 1 unspecified atom stereocenters. The number of carbonyl (C=O) groups excluding carboxylic acids is 3. The van der Waals surface area contributed by atoms with Crippen molar-refractivity contribution in [3.63, 3.8) is 0 Å². The number of nitrogens with two attached hydrogens (primary N) is 1. The summed E-state index contributed by atoms with van der Waals surface area (Å²) < 4.78 is 0. The van der Waals surface area contributed by atoms with Gasteiger partial charge in [0.15, 0.2) is 0 Å². The van der Waals surface area contributed by atoms with Gasteiger partial charge in [-0.3, -0.25) is 14.4 Å². The smallest absolute Gasteiger partial charge is 0.239 e. The van der Waals surface area contributed by atoms with Crippen molar-refractivity contribution in [2.45, 2.75) is 85.6 Å². The van der Waals surface area contributed by atoms with Crippen molar-refractivity contribution in [3.05, 3.63) is 71.8 Å². The number of rotatable bonds is 14. The highest BCUT2D eigenvalue weighted by atomic mass is 16.2. The maximum atomic E-state index is 11.8. The Hall–Kier alpha value is -3.19. The molecule has 3 amide bonds. The van der Waals surface area contributed by atoms with Crippen molar-refractivity contribution in [1.82, 2.24) is 16.0 Å². The minimum atomic E-state index is -0.132. The molecule has 7 heteroatoms. The van der Waals surface area contributed by atoms with Crippen LogP contribution in [0.25, 0.3) is 0 Å². The fourth-order valence-electron chi connectivity index (χ4n) is 3.18. The van der Waals surface area contributed by atoms with E-state index >= 15 is 0 Å². The molecule has 0 aliphatic carbocycles. The second kappa shape index (κ2) is 28.4. The highest BCUT2D eigenvalue weighted by Gasteiger charge is 2.09. The Morgan fingerprint density at radius 1 is 0.895 bits per heavy atom. The van der Waals surface area contributed by atoms with Crippen LogP contribution >= 0.6 is 0 Å². The number of hydrogen-bond acceptors (Lipinski definition) is 4. The summed E-state index contributed by atoms with van der Waals surface area (Å²) >= 11 is 0. The average molecular weight is 529 g/mol. The van der Waals surface area contributed by atoms with Crippen molar-refractivity contribution in [3.8, 4) is 0 Å². The van der Waals surface area contributed by atoms with E-state index in [1.807, 2.05) is 69.3 Å². The molecule has 0 fully saturated rings. The maximum absolute atomic E-state index is 11.8. The summed E-state index contributed by atoms with van der Waals surface area (Å²) in [5.41, 5.74) is 7.51.